The summed E-state index contributed by atoms with van der Waals surface area (Å²) in [4.78, 5) is 0. The van der Waals surface area contributed by atoms with E-state index in [-0.39, 0.29) is 0 Å². The molecule has 4 atom stereocenters. The van der Waals surface area contributed by atoms with E-state index in [1.807, 2.05) is 0 Å². The molecular formula is C26H44Si. The Morgan fingerprint density at radius 3 is 2.19 bits per heavy atom. The van der Waals surface area contributed by atoms with E-state index in [4.69, 9.17) is 0 Å². The van der Waals surface area contributed by atoms with Crippen LogP contribution in [0.3, 0.4) is 0 Å². The van der Waals surface area contributed by atoms with Gasteiger partial charge in [-0.05, 0) is 48.1 Å². The van der Waals surface area contributed by atoms with Gasteiger partial charge in [0.05, 0.1) is 8.07 Å². The van der Waals surface area contributed by atoms with Crippen LogP contribution in [-0.2, 0) is 0 Å². The molecule has 0 saturated heterocycles. The highest BCUT2D eigenvalue weighted by atomic mass is 28.3. The zero-order valence-corrected chi connectivity index (χ0v) is 19.2. The highest BCUT2D eigenvalue weighted by molar-refractivity contribution is 6.82. The lowest BCUT2D eigenvalue weighted by Gasteiger charge is -2.46. The second-order valence-corrected chi connectivity index (χ2v) is 14.8. The van der Waals surface area contributed by atoms with Crippen LogP contribution in [0.15, 0.2) is 37.0 Å². The lowest BCUT2D eigenvalue weighted by molar-refractivity contribution is 0.396. The summed E-state index contributed by atoms with van der Waals surface area (Å²) in [7, 11) is -1.27. The molecule has 0 heterocycles. The SMILES string of the molecule is C=CCCC1CC([Si](CCCC)(CCCC)C2CCCC2)C2C=CC=CC12. The predicted molar refractivity (Wildman–Crippen MR) is 124 cm³/mol. The minimum Gasteiger partial charge on any atom is -0.103 e. The first-order valence-corrected chi connectivity index (χ1v) is 14.8. The van der Waals surface area contributed by atoms with Gasteiger partial charge in [0, 0.05) is 0 Å². The number of rotatable bonds is 11. The smallest absolute Gasteiger partial charge is 0.0604 e. The fourth-order valence-corrected chi connectivity index (χ4v) is 15.0. The fraction of sp³-hybridized carbons (Fsp3) is 0.769. The van der Waals surface area contributed by atoms with Gasteiger partial charge in [-0.3, -0.25) is 0 Å². The molecule has 152 valence electrons. The Morgan fingerprint density at radius 2 is 1.59 bits per heavy atom. The summed E-state index contributed by atoms with van der Waals surface area (Å²) in [6.45, 7) is 8.85. The van der Waals surface area contributed by atoms with Crippen LogP contribution in [0.2, 0.25) is 23.2 Å². The van der Waals surface area contributed by atoms with Gasteiger partial charge in [-0.2, -0.15) is 0 Å². The summed E-state index contributed by atoms with van der Waals surface area (Å²) in [6, 6.07) is 3.27. The first kappa shape index (κ1) is 21.2. The van der Waals surface area contributed by atoms with Crippen molar-refractivity contribution in [1.29, 1.82) is 0 Å². The van der Waals surface area contributed by atoms with Crippen molar-refractivity contribution < 1.29 is 0 Å². The normalized spacial score (nSPS) is 30.7. The van der Waals surface area contributed by atoms with Crippen LogP contribution < -0.4 is 0 Å². The minimum atomic E-state index is -1.27. The van der Waals surface area contributed by atoms with Gasteiger partial charge in [0.25, 0.3) is 0 Å². The van der Waals surface area contributed by atoms with Gasteiger partial charge in [-0.15, -0.1) is 6.58 Å². The van der Waals surface area contributed by atoms with Crippen LogP contribution in [0.1, 0.15) is 84.5 Å². The second kappa shape index (κ2) is 10.3. The molecule has 0 spiro atoms. The van der Waals surface area contributed by atoms with Crippen LogP contribution in [0.4, 0.5) is 0 Å². The molecule has 0 nitrogen and oxygen atoms in total. The predicted octanol–water partition coefficient (Wildman–Crippen LogP) is 8.69. The standard InChI is InChI=1S/C26H44Si/c1-4-7-14-22-21-26(25-18-13-12-17-24(22)25)27(19-8-5-2,20-9-6-3)23-15-10-11-16-23/h4,12-13,17-18,22-26H,1,5-11,14-16,19-21H2,2-3H3. The molecule has 0 aromatic rings. The molecule has 0 amide bonds. The third-order valence-corrected chi connectivity index (χ3v) is 15.3. The van der Waals surface area contributed by atoms with E-state index >= 15 is 0 Å². The van der Waals surface area contributed by atoms with Gasteiger partial charge < -0.3 is 0 Å². The van der Waals surface area contributed by atoms with E-state index in [2.05, 4.69) is 50.8 Å². The summed E-state index contributed by atoms with van der Waals surface area (Å²) in [6.07, 6.45) is 28.2. The summed E-state index contributed by atoms with van der Waals surface area (Å²) in [5.74, 6) is 2.61. The van der Waals surface area contributed by atoms with Crippen molar-refractivity contribution in [3.05, 3.63) is 37.0 Å². The molecule has 0 aliphatic heterocycles. The lowest BCUT2D eigenvalue weighted by Crippen LogP contribution is -2.45. The van der Waals surface area contributed by atoms with Crippen LogP contribution in [-0.4, -0.2) is 8.07 Å². The van der Waals surface area contributed by atoms with E-state index < -0.39 is 8.07 Å². The molecule has 0 N–H and O–H groups in total. The third-order valence-electron chi connectivity index (χ3n) is 8.43. The van der Waals surface area contributed by atoms with Crippen molar-refractivity contribution in [2.45, 2.75) is 108 Å². The van der Waals surface area contributed by atoms with Crippen molar-refractivity contribution in [2.75, 3.05) is 0 Å². The zero-order chi connectivity index (χ0) is 19.1. The summed E-state index contributed by atoms with van der Waals surface area (Å²) >= 11 is 0. The maximum atomic E-state index is 4.01. The molecule has 3 aliphatic rings. The van der Waals surface area contributed by atoms with Gasteiger partial charge in [0.2, 0.25) is 0 Å². The average Bonchev–Trinajstić information content (AvgIpc) is 3.36. The van der Waals surface area contributed by atoms with E-state index in [9.17, 15) is 0 Å². The lowest BCUT2D eigenvalue weighted by atomic mass is 9.84. The van der Waals surface area contributed by atoms with Gasteiger partial charge in [-0.25, -0.2) is 0 Å². The fourth-order valence-electron chi connectivity index (χ4n) is 7.14. The molecule has 2 fully saturated rings. The highest BCUT2D eigenvalue weighted by Crippen LogP contribution is 2.61. The molecule has 2 saturated carbocycles. The van der Waals surface area contributed by atoms with Crippen LogP contribution in [0.25, 0.3) is 0 Å². The quantitative estimate of drug-likeness (QED) is 0.247. The van der Waals surface area contributed by atoms with Gasteiger partial charge in [0.15, 0.2) is 0 Å². The molecule has 3 rings (SSSR count). The van der Waals surface area contributed by atoms with Crippen molar-refractivity contribution in [3.8, 4) is 0 Å². The van der Waals surface area contributed by atoms with Gasteiger partial charge >= 0.3 is 0 Å². The van der Waals surface area contributed by atoms with Crippen molar-refractivity contribution in [2.24, 2.45) is 17.8 Å². The summed E-state index contributed by atoms with van der Waals surface area (Å²) in [5.41, 5.74) is 2.19. The number of hydrogen-bond acceptors (Lipinski definition) is 0. The van der Waals surface area contributed by atoms with Crippen LogP contribution in [0, 0.1) is 17.8 Å². The monoisotopic (exact) mass is 384 g/mol. The number of hydrogen-bond donors (Lipinski definition) is 0. The topological polar surface area (TPSA) is 0 Å². The second-order valence-electron chi connectivity index (χ2n) is 9.81. The largest absolute Gasteiger partial charge is 0.103 e. The van der Waals surface area contributed by atoms with Crippen molar-refractivity contribution in [1.82, 2.24) is 0 Å². The Hall–Kier alpha value is -0.563. The molecule has 0 aromatic heterocycles. The average molecular weight is 385 g/mol. The zero-order valence-electron chi connectivity index (χ0n) is 18.2. The maximum absolute atomic E-state index is 4.01. The number of fused-ring (bicyclic) bond motifs is 1. The molecule has 4 unspecified atom stereocenters. The molecule has 3 aliphatic carbocycles. The minimum absolute atomic E-state index is 0.830. The Kier molecular flexibility index (Phi) is 8.06. The van der Waals surface area contributed by atoms with Crippen LogP contribution in [0.5, 0.6) is 0 Å². The number of allylic oxidation sites excluding steroid dienone is 5. The Morgan fingerprint density at radius 1 is 0.963 bits per heavy atom. The highest BCUT2D eigenvalue weighted by Gasteiger charge is 2.54. The molecule has 0 bridgehead atoms. The number of unbranched alkanes of at least 4 members (excludes halogenated alkanes) is 2. The van der Waals surface area contributed by atoms with E-state index in [1.54, 1.807) is 24.9 Å². The molecule has 1 heteroatoms. The van der Waals surface area contributed by atoms with Gasteiger partial charge in [0.1, 0.15) is 0 Å². The maximum Gasteiger partial charge on any atom is 0.0604 e. The first-order chi connectivity index (χ1) is 13.3. The molecule has 27 heavy (non-hydrogen) atoms. The molecule has 0 aromatic carbocycles. The Balaban J connectivity index is 1.91. The van der Waals surface area contributed by atoms with E-state index in [0.717, 1.165) is 28.8 Å². The summed E-state index contributed by atoms with van der Waals surface area (Å²) in [5, 5.41) is 0. The van der Waals surface area contributed by atoms with Crippen molar-refractivity contribution in [3.63, 3.8) is 0 Å². The van der Waals surface area contributed by atoms with Crippen molar-refractivity contribution >= 4 is 8.07 Å². The molecular weight excluding hydrogens is 340 g/mol. The Bertz CT molecular complexity index is 502. The van der Waals surface area contributed by atoms with Crippen LogP contribution >= 0.6 is 0 Å². The van der Waals surface area contributed by atoms with Gasteiger partial charge in [-0.1, -0.05) is 108 Å². The molecule has 0 radical (unpaired) electrons. The first-order valence-electron chi connectivity index (χ1n) is 12.2. The third kappa shape index (κ3) is 4.55. The van der Waals surface area contributed by atoms with E-state index in [1.165, 1.54) is 57.8 Å². The Labute approximate surface area is 170 Å². The summed E-state index contributed by atoms with van der Waals surface area (Å²) < 4.78 is 0. The van der Waals surface area contributed by atoms with E-state index in [0.29, 0.717) is 0 Å².